The van der Waals surface area contributed by atoms with Crippen molar-refractivity contribution in [1.82, 2.24) is 19.8 Å². The van der Waals surface area contributed by atoms with E-state index in [-0.39, 0.29) is 11.1 Å². The Kier molecular flexibility index (Phi) is 7.43. The van der Waals surface area contributed by atoms with Crippen LogP contribution in [-0.2, 0) is 11.9 Å². The van der Waals surface area contributed by atoms with E-state index in [1.165, 1.54) is 11.8 Å². The summed E-state index contributed by atoms with van der Waals surface area (Å²) in [6.45, 7) is 7.45. The van der Waals surface area contributed by atoms with E-state index in [1.807, 2.05) is 21.9 Å². The van der Waals surface area contributed by atoms with E-state index < -0.39 is 11.9 Å². The summed E-state index contributed by atoms with van der Waals surface area (Å²) in [6, 6.07) is 8.29. The first-order valence-corrected chi connectivity index (χ1v) is 12.3. The van der Waals surface area contributed by atoms with Gasteiger partial charge in [-0.3, -0.25) is 4.79 Å². The molecule has 0 bridgehead atoms. The lowest BCUT2D eigenvalue weighted by molar-refractivity contribution is -0.141. The molecule has 2 aliphatic rings. The number of aromatic nitrogens is 2. The second-order valence-corrected chi connectivity index (χ2v) is 9.24. The molecule has 0 spiro atoms. The van der Waals surface area contributed by atoms with Crippen LogP contribution in [0.15, 0.2) is 35.5 Å². The Morgan fingerprint density at radius 1 is 1.00 bits per heavy atom. The minimum Gasteiger partial charge on any atom is -0.354 e. The largest absolute Gasteiger partial charge is 0.433 e. The second kappa shape index (κ2) is 10.3. The number of likely N-dealkylation sites (N-methyl/N-ethyl adjacent to an activating group) is 1. The van der Waals surface area contributed by atoms with E-state index >= 15 is 0 Å². The fourth-order valence-corrected chi connectivity index (χ4v) is 4.88. The number of alkyl halides is 3. The summed E-state index contributed by atoms with van der Waals surface area (Å²) < 4.78 is 40.4. The maximum atomic E-state index is 13.5. The molecular weight excluding hydrogens is 451 g/mol. The highest BCUT2D eigenvalue weighted by Crippen LogP contribution is 2.32. The molecule has 2 aromatic rings. The molecule has 4 rings (SSSR count). The highest BCUT2D eigenvalue weighted by Gasteiger charge is 2.34. The normalized spacial score (nSPS) is 17.6. The van der Waals surface area contributed by atoms with Crippen molar-refractivity contribution < 1.29 is 18.0 Å². The monoisotopic (exact) mass is 479 g/mol. The maximum Gasteiger partial charge on any atom is 0.433 e. The molecule has 178 valence electrons. The number of anilines is 1. The van der Waals surface area contributed by atoms with E-state index in [4.69, 9.17) is 0 Å². The smallest absolute Gasteiger partial charge is 0.354 e. The molecule has 33 heavy (non-hydrogen) atoms. The van der Waals surface area contributed by atoms with Crippen LogP contribution < -0.4 is 4.90 Å². The quantitative estimate of drug-likeness (QED) is 0.458. The summed E-state index contributed by atoms with van der Waals surface area (Å²) in [7, 11) is 0. The lowest BCUT2D eigenvalue weighted by atomic mass is 10.1. The standard InChI is InChI=1S/C23H28F3N5OS/c1-2-29-11-13-30(14-12-29)20-15-19(23(24,25)26)27-22(28-20)33-16-17-5-7-18(8-6-17)21(32)31-9-3-4-10-31/h5-8,15H,2-4,9-14,16H2,1H3. The minimum atomic E-state index is -4.53. The third-order valence-electron chi connectivity index (χ3n) is 6.09. The number of piperazine rings is 1. The van der Waals surface area contributed by atoms with Gasteiger partial charge in [-0.15, -0.1) is 0 Å². The van der Waals surface area contributed by atoms with Gasteiger partial charge in [-0.25, -0.2) is 9.97 Å². The summed E-state index contributed by atoms with van der Waals surface area (Å²) in [4.78, 5) is 26.7. The predicted octanol–water partition coefficient (Wildman–Crippen LogP) is 4.17. The van der Waals surface area contributed by atoms with Crippen LogP contribution in [0.4, 0.5) is 19.0 Å². The van der Waals surface area contributed by atoms with Gasteiger partial charge in [-0.1, -0.05) is 30.8 Å². The molecular formula is C23H28F3N5OS. The van der Waals surface area contributed by atoms with Crippen LogP contribution >= 0.6 is 11.8 Å². The molecule has 1 aromatic carbocycles. The van der Waals surface area contributed by atoms with Crippen LogP contribution in [0, 0.1) is 0 Å². The van der Waals surface area contributed by atoms with E-state index in [9.17, 15) is 18.0 Å². The highest BCUT2D eigenvalue weighted by atomic mass is 32.2. The fourth-order valence-electron chi connectivity index (χ4n) is 4.07. The first kappa shape index (κ1) is 23.8. The maximum absolute atomic E-state index is 13.5. The topological polar surface area (TPSA) is 52.6 Å². The first-order chi connectivity index (χ1) is 15.8. The van der Waals surface area contributed by atoms with Gasteiger partial charge < -0.3 is 14.7 Å². The Balaban J connectivity index is 1.45. The first-order valence-electron chi connectivity index (χ1n) is 11.3. The van der Waals surface area contributed by atoms with Crippen molar-refractivity contribution in [3.8, 4) is 0 Å². The van der Waals surface area contributed by atoms with E-state index in [0.717, 1.165) is 57.2 Å². The van der Waals surface area contributed by atoms with Gasteiger partial charge in [0.1, 0.15) is 5.82 Å². The number of halogens is 3. The van der Waals surface area contributed by atoms with Gasteiger partial charge in [-0.2, -0.15) is 13.2 Å². The van der Waals surface area contributed by atoms with Crippen LogP contribution in [-0.4, -0.2) is 71.5 Å². The molecule has 1 amide bonds. The molecule has 0 unspecified atom stereocenters. The molecule has 2 saturated heterocycles. The number of rotatable bonds is 6. The van der Waals surface area contributed by atoms with Crippen molar-refractivity contribution in [1.29, 1.82) is 0 Å². The molecule has 3 heterocycles. The minimum absolute atomic E-state index is 0.0285. The second-order valence-electron chi connectivity index (χ2n) is 8.30. The molecule has 2 aliphatic heterocycles. The zero-order chi connectivity index (χ0) is 23.4. The van der Waals surface area contributed by atoms with Gasteiger partial charge in [0.15, 0.2) is 10.9 Å². The molecule has 0 atom stereocenters. The number of hydrogen-bond donors (Lipinski definition) is 0. The Morgan fingerprint density at radius 2 is 1.67 bits per heavy atom. The lowest BCUT2D eigenvalue weighted by Crippen LogP contribution is -2.46. The summed E-state index contributed by atoms with van der Waals surface area (Å²) in [6.07, 6.45) is -2.46. The van der Waals surface area contributed by atoms with Crippen LogP contribution in [0.1, 0.15) is 41.4 Å². The number of amides is 1. The molecule has 0 radical (unpaired) electrons. The Bertz CT molecular complexity index is 956. The highest BCUT2D eigenvalue weighted by molar-refractivity contribution is 7.98. The third kappa shape index (κ3) is 5.97. The van der Waals surface area contributed by atoms with Gasteiger partial charge in [-0.05, 0) is 37.1 Å². The summed E-state index contributed by atoms with van der Waals surface area (Å²) in [5.41, 5.74) is 0.617. The molecule has 2 fully saturated rings. The van der Waals surface area contributed by atoms with E-state index in [2.05, 4.69) is 21.8 Å². The van der Waals surface area contributed by atoms with E-state index in [0.29, 0.717) is 30.2 Å². The van der Waals surface area contributed by atoms with Crippen molar-refractivity contribution >= 4 is 23.5 Å². The van der Waals surface area contributed by atoms with Crippen molar-refractivity contribution in [3.63, 3.8) is 0 Å². The Labute approximate surface area is 196 Å². The van der Waals surface area contributed by atoms with Crippen molar-refractivity contribution in [2.45, 2.75) is 36.9 Å². The summed E-state index contributed by atoms with van der Waals surface area (Å²) in [5.74, 6) is 0.769. The third-order valence-corrected chi connectivity index (χ3v) is 7.01. The number of benzene rings is 1. The van der Waals surface area contributed by atoms with Gasteiger partial charge in [0.2, 0.25) is 0 Å². The zero-order valence-electron chi connectivity index (χ0n) is 18.6. The van der Waals surface area contributed by atoms with Crippen molar-refractivity contribution in [2.75, 3.05) is 50.7 Å². The average Bonchev–Trinajstić information content (AvgIpc) is 3.37. The predicted molar refractivity (Wildman–Crippen MR) is 123 cm³/mol. The van der Waals surface area contributed by atoms with Crippen LogP contribution in [0.3, 0.4) is 0 Å². The van der Waals surface area contributed by atoms with Crippen LogP contribution in [0.25, 0.3) is 0 Å². The molecule has 6 nitrogen and oxygen atoms in total. The van der Waals surface area contributed by atoms with Crippen molar-refractivity contribution in [2.24, 2.45) is 0 Å². The molecule has 0 N–H and O–H groups in total. The lowest BCUT2D eigenvalue weighted by Gasteiger charge is -2.35. The molecule has 0 saturated carbocycles. The van der Waals surface area contributed by atoms with Crippen molar-refractivity contribution in [3.05, 3.63) is 47.2 Å². The number of hydrogen-bond acceptors (Lipinski definition) is 6. The zero-order valence-corrected chi connectivity index (χ0v) is 19.5. The van der Waals surface area contributed by atoms with Crippen LogP contribution in [0.2, 0.25) is 0 Å². The molecule has 1 aromatic heterocycles. The Hall–Kier alpha value is -2.33. The number of carbonyl (C=O) groups excluding carboxylic acids is 1. The average molecular weight is 480 g/mol. The fraction of sp³-hybridized carbons (Fsp3) is 0.522. The van der Waals surface area contributed by atoms with Gasteiger partial charge in [0.25, 0.3) is 5.91 Å². The van der Waals surface area contributed by atoms with Gasteiger partial charge in [0, 0.05) is 56.7 Å². The van der Waals surface area contributed by atoms with Gasteiger partial charge >= 0.3 is 6.18 Å². The molecule has 10 heteroatoms. The Morgan fingerprint density at radius 3 is 2.27 bits per heavy atom. The number of thioether (sulfide) groups is 1. The molecule has 0 aliphatic carbocycles. The van der Waals surface area contributed by atoms with Crippen LogP contribution in [0.5, 0.6) is 0 Å². The number of carbonyl (C=O) groups is 1. The summed E-state index contributed by atoms with van der Waals surface area (Å²) in [5, 5.41) is 0.106. The SMILES string of the molecule is CCN1CCN(c2cc(C(F)(F)F)nc(SCc3ccc(C(=O)N4CCCC4)cc3)n2)CC1. The van der Waals surface area contributed by atoms with E-state index in [1.54, 1.807) is 12.1 Å². The number of nitrogens with zero attached hydrogens (tertiary/aromatic N) is 5. The number of likely N-dealkylation sites (tertiary alicyclic amines) is 1. The van der Waals surface area contributed by atoms with Gasteiger partial charge in [0.05, 0.1) is 0 Å². The summed E-state index contributed by atoms with van der Waals surface area (Å²) >= 11 is 1.17.